The van der Waals surface area contributed by atoms with Gasteiger partial charge in [0.05, 0.1) is 41.5 Å². The summed E-state index contributed by atoms with van der Waals surface area (Å²) >= 11 is 0. The number of nitrogens with one attached hydrogen (secondary N) is 2. The molecule has 2 aromatic carbocycles. The molecule has 2 N–H and O–H groups in total. The van der Waals surface area contributed by atoms with Gasteiger partial charge in [0.2, 0.25) is 11.8 Å². The summed E-state index contributed by atoms with van der Waals surface area (Å²) in [7, 11) is -3.03. The second-order valence-electron chi connectivity index (χ2n) is 10.8. The van der Waals surface area contributed by atoms with Crippen molar-refractivity contribution < 1.29 is 27.5 Å². The van der Waals surface area contributed by atoms with Gasteiger partial charge in [-0.2, -0.15) is 9.57 Å². The second kappa shape index (κ2) is 10.1. The Labute approximate surface area is 243 Å². The quantitative estimate of drug-likeness (QED) is 0.405. The highest BCUT2D eigenvalue weighted by molar-refractivity contribution is 7.93. The maximum Gasteiger partial charge on any atom is 0.276 e. The first-order valence-corrected chi connectivity index (χ1v) is 15.0. The van der Waals surface area contributed by atoms with Crippen molar-refractivity contribution >= 4 is 27.5 Å². The number of carbonyl (C=O) groups is 2. The SMILES string of the molecule is CCOc1ncccc1C1(NC(=O)C2CC3(CNC3)C2)C(=O)N(S(=O)(=O)c2ccc(OC)cc2)c2ccc(C#N)cc21. The molecule has 1 aromatic heterocycles. The van der Waals surface area contributed by atoms with Crippen molar-refractivity contribution in [3.8, 4) is 17.7 Å². The number of methoxy groups -OCH3 is 1. The number of fused-ring (bicyclic) bond motifs is 1. The number of hydrogen-bond donors (Lipinski definition) is 2. The summed E-state index contributed by atoms with van der Waals surface area (Å²) in [6.07, 6.45) is 2.79. The third-order valence-corrected chi connectivity index (χ3v) is 10.1. The summed E-state index contributed by atoms with van der Waals surface area (Å²) in [5.74, 6) is -1.16. The highest BCUT2D eigenvalue weighted by atomic mass is 32.2. The van der Waals surface area contributed by atoms with E-state index in [-0.39, 0.29) is 57.0 Å². The lowest BCUT2D eigenvalue weighted by Crippen LogP contribution is -2.64. The molecule has 3 heterocycles. The minimum Gasteiger partial charge on any atom is -0.497 e. The first kappa shape index (κ1) is 27.7. The fraction of sp³-hybridized carbons (Fsp3) is 0.333. The number of amides is 2. The van der Waals surface area contributed by atoms with Crippen LogP contribution in [0, 0.1) is 22.7 Å². The van der Waals surface area contributed by atoms with Crippen molar-refractivity contribution in [1.82, 2.24) is 15.6 Å². The fourth-order valence-corrected chi connectivity index (χ4v) is 7.62. The number of nitrogens with zero attached hydrogens (tertiary/aromatic N) is 3. The van der Waals surface area contributed by atoms with E-state index in [1.807, 2.05) is 0 Å². The third-order valence-electron chi connectivity index (χ3n) is 8.35. The maximum atomic E-state index is 14.8. The number of anilines is 1. The molecule has 1 atom stereocenters. The number of rotatable bonds is 8. The van der Waals surface area contributed by atoms with Crippen molar-refractivity contribution in [2.75, 3.05) is 31.1 Å². The molecule has 3 aliphatic rings. The molecular weight excluding hydrogens is 558 g/mol. The van der Waals surface area contributed by atoms with Crippen molar-refractivity contribution in [3.05, 3.63) is 77.5 Å². The van der Waals surface area contributed by atoms with E-state index in [0.717, 1.165) is 13.1 Å². The molecule has 42 heavy (non-hydrogen) atoms. The fourth-order valence-electron chi connectivity index (χ4n) is 6.15. The number of aromatic nitrogens is 1. The van der Waals surface area contributed by atoms with E-state index in [4.69, 9.17) is 9.47 Å². The van der Waals surface area contributed by atoms with Gasteiger partial charge < -0.3 is 20.1 Å². The van der Waals surface area contributed by atoms with Gasteiger partial charge in [-0.25, -0.2) is 13.4 Å². The monoisotopic (exact) mass is 587 g/mol. The summed E-state index contributed by atoms with van der Waals surface area (Å²) in [4.78, 5) is 32.8. The molecule has 216 valence electrons. The van der Waals surface area contributed by atoms with E-state index in [9.17, 15) is 23.3 Å². The zero-order chi connectivity index (χ0) is 29.7. The highest BCUT2D eigenvalue weighted by Crippen LogP contribution is 2.52. The third kappa shape index (κ3) is 4.11. The molecule has 11 nitrogen and oxygen atoms in total. The van der Waals surface area contributed by atoms with Crippen molar-refractivity contribution in [2.24, 2.45) is 11.3 Å². The van der Waals surface area contributed by atoms with E-state index >= 15 is 0 Å². The number of benzene rings is 2. The molecule has 2 amide bonds. The zero-order valence-electron chi connectivity index (χ0n) is 23.1. The molecule has 1 spiro atoms. The summed E-state index contributed by atoms with van der Waals surface area (Å²) in [6, 6.07) is 15.2. The molecule has 6 rings (SSSR count). The minimum atomic E-state index is -4.49. The molecule has 1 saturated heterocycles. The van der Waals surface area contributed by atoms with E-state index in [1.165, 1.54) is 55.8 Å². The van der Waals surface area contributed by atoms with Gasteiger partial charge in [0.15, 0.2) is 5.54 Å². The highest BCUT2D eigenvalue weighted by Gasteiger charge is 2.60. The smallest absolute Gasteiger partial charge is 0.276 e. The predicted octanol–water partition coefficient (Wildman–Crippen LogP) is 2.46. The average Bonchev–Trinajstić information content (AvgIpc) is 3.19. The van der Waals surface area contributed by atoms with Crippen LogP contribution in [0.15, 0.2) is 65.7 Å². The normalized spacial score (nSPS) is 20.7. The predicted molar refractivity (Wildman–Crippen MR) is 151 cm³/mol. The summed E-state index contributed by atoms with van der Waals surface area (Å²) in [5.41, 5.74) is -1.42. The van der Waals surface area contributed by atoms with Gasteiger partial charge in [-0.05, 0) is 79.8 Å². The standard InChI is InChI=1S/C30H29N5O6S/c1-3-41-27-23(5-4-12-33-27)30(34-26(36)20-14-29(15-20)17-32-18-29)24-13-19(16-31)6-11-25(24)35(28(30)37)42(38,39)22-9-7-21(40-2)8-10-22/h4-13,20,32H,3,14-15,17-18H2,1-2H3,(H,34,36). The largest absolute Gasteiger partial charge is 0.497 e. The Bertz CT molecular complexity index is 1720. The van der Waals surface area contributed by atoms with Crippen LogP contribution >= 0.6 is 0 Å². The molecule has 1 aliphatic carbocycles. The Morgan fingerprint density at radius 2 is 1.90 bits per heavy atom. The number of ether oxygens (including phenoxy) is 2. The van der Waals surface area contributed by atoms with Crippen LogP contribution in [0.1, 0.15) is 36.5 Å². The van der Waals surface area contributed by atoms with Crippen molar-refractivity contribution in [1.29, 1.82) is 5.26 Å². The van der Waals surface area contributed by atoms with Gasteiger partial charge in [-0.3, -0.25) is 9.59 Å². The van der Waals surface area contributed by atoms with E-state index in [2.05, 4.69) is 21.7 Å². The molecule has 0 radical (unpaired) electrons. The topological polar surface area (TPSA) is 151 Å². The van der Waals surface area contributed by atoms with Crippen LogP contribution in [0.4, 0.5) is 5.69 Å². The first-order chi connectivity index (χ1) is 20.2. The molecule has 2 aliphatic heterocycles. The minimum absolute atomic E-state index is 0.0229. The van der Waals surface area contributed by atoms with Gasteiger partial charge >= 0.3 is 0 Å². The van der Waals surface area contributed by atoms with Crippen LogP contribution in [0.3, 0.4) is 0 Å². The number of sulfonamides is 1. The molecule has 1 unspecified atom stereocenters. The second-order valence-corrected chi connectivity index (χ2v) is 12.6. The van der Waals surface area contributed by atoms with E-state index in [0.29, 0.717) is 22.9 Å². The zero-order valence-corrected chi connectivity index (χ0v) is 23.9. The van der Waals surface area contributed by atoms with Crippen LogP contribution in [0.2, 0.25) is 0 Å². The van der Waals surface area contributed by atoms with Gasteiger partial charge in [-0.15, -0.1) is 0 Å². The van der Waals surface area contributed by atoms with Crippen LogP contribution < -0.4 is 24.4 Å². The molecule has 1 saturated carbocycles. The lowest BCUT2D eigenvalue weighted by Gasteiger charge is -2.54. The Hall–Kier alpha value is -4.47. The van der Waals surface area contributed by atoms with Crippen molar-refractivity contribution in [3.63, 3.8) is 0 Å². The van der Waals surface area contributed by atoms with E-state index < -0.39 is 21.5 Å². The molecule has 3 aromatic rings. The van der Waals surface area contributed by atoms with E-state index in [1.54, 1.807) is 19.1 Å². The molecular formula is C30H29N5O6S. The number of nitriles is 1. The molecule has 2 fully saturated rings. The van der Waals surface area contributed by atoms with Gasteiger partial charge in [-0.1, -0.05) is 0 Å². The van der Waals surface area contributed by atoms with Gasteiger partial charge in [0.25, 0.3) is 15.9 Å². The van der Waals surface area contributed by atoms with Gasteiger partial charge in [0, 0.05) is 30.8 Å². The van der Waals surface area contributed by atoms with Crippen molar-refractivity contribution in [2.45, 2.75) is 30.2 Å². The Kier molecular flexibility index (Phi) is 6.67. The summed E-state index contributed by atoms with van der Waals surface area (Å²) in [6.45, 7) is 3.63. The summed E-state index contributed by atoms with van der Waals surface area (Å²) < 4.78 is 40.0. The van der Waals surface area contributed by atoms with Crippen LogP contribution in [0.25, 0.3) is 0 Å². The number of carbonyl (C=O) groups excluding carboxylic acids is 2. The van der Waals surface area contributed by atoms with Crippen LogP contribution in [0.5, 0.6) is 11.6 Å². The van der Waals surface area contributed by atoms with Crippen LogP contribution in [-0.2, 0) is 25.2 Å². The van der Waals surface area contributed by atoms with Crippen LogP contribution in [-0.4, -0.2) is 52.0 Å². The maximum absolute atomic E-state index is 14.8. The lowest BCUT2D eigenvalue weighted by molar-refractivity contribution is -0.139. The molecule has 12 heteroatoms. The van der Waals surface area contributed by atoms with Gasteiger partial charge in [0.1, 0.15) is 5.75 Å². The number of hydrogen-bond acceptors (Lipinski definition) is 9. The average molecular weight is 588 g/mol. The Balaban J connectivity index is 1.54. The Morgan fingerprint density at radius 3 is 2.52 bits per heavy atom. The lowest BCUT2D eigenvalue weighted by atomic mass is 9.58. The summed E-state index contributed by atoms with van der Waals surface area (Å²) in [5, 5.41) is 16.0. The molecule has 0 bridgehead atoms. The Morgan fingerprint density at radius 1 is 1.17 bits per heavy atom. The number of pyridine rings is 1. The first-order valence-electron chi connectivity index (χ1n) is 13.6.